The van der Waals surface area contributed by atoms with Crippen LogP contribution in [0.5, 0.6) is 0 Å². The van der Waals surface area contributed by atoms with E-state index in [1.165, 1.54) is 0 Å². The highest BCUT2D eigenvalue weighted by molar-refractivity contribution is 7.09. The molecule has 0 aliphatic carbocycles. The number of rotatable bonds is 5. The average molecular weight is 228 g/mol. The molecule has 0 bridgehead atoms. The molecule has 5 heteroatoms. The Balaban J connectivity index is 2.44. The highest BCUT2D eigenvalue weighted by atomic mass is 32.1. The van der Waals surface area contributed by atoms with E-state index in [2.05, 4.69) is 10.3 Å². The van der Waals surface area contributed by atoms with Crippen molar-refractivity contribution in [3.8, 4) is 0 Å². The zero-order valence-corrected chi connectivity index (χ0v) is 10.0. The Morgan fingerprint density at radius 3 is 2.93 bits per heavy atom. The van der Waals surface area contributed by atoms with Gasteiger partial charge in [0.25, 0.3) is 0 Å². The lowest BCUT2D eigenvalue weighted by molar-refractivity contribution is -0.145. The molecule has 15 heavy (non-hydrogen) atoms. The van der Waals surface area contributed by atoms with Gasteiger partial charge in [-0.25, -0.2) is 4.98 Å². The summed E-state index contributed by atoms with van der Waals surface area (Å²) in [4.78, 5) is 15.5. The molecule has 1 aromatic heterocycles. The summed E-state index contributed by atoms with van der Waals surface area (Å²) in [6, 6.07) is -0.228. The molecule has 0 fully saturated rings. The number of carbonyl (C=O) groups is 1. The maximum atomic E-state index is 11.3. The van der Waals surface area contributed by atoms with E-state index < -0.39 is 0 Å². The summed E-state index contributed by atoms with van der Waals surface area (Å²) in [5.41, 5.74) is 0. The second-order valence-electron chi connectivity index (χ2n) is 3.23. The first-order valence-electron chi connectivity index (χ1n) is 4.97. The minimum absolute atomic E-state index is 0.0735. The number of hydrogen-bond acceptors (Lipinski definition) is 5. The van der Waals surface area contributed by atoms with Crippen molar-refractivity contribution in [2.45, 2.75) is 32.9 Å². The summed E-state index contributed by atoms with van der Waals surface area (Å²) in [6.07, 6.45) is 1.76. The van der Waals surface area contributed by atoms with E-state index in [4.69, 9.17) is 4.74 Å². The van der Waals surface area contributed by atoms with E-state index in [0.717, 1.165) is 5.01 Å². The molecule has 1 aromatic rings. The lowest BCUT2D eigenvalue weighted by atomic mass is 10.2. The number of carbonyl (C=O) groups excluding carboxylic acids is 1. The Hall–Kier alpha value is -0.940. The second-order valence-corrected chi connectivity index (χ2v) is 4.16. The molecule has 84 valence electrons. The van der Waals surface area contributed by atoms with Crippen LogP contribution in [0.1, 0.15) is 31.8 Å². The SMILES string of the molecule is CCOC(=O)C(C)NC(C)c1nccs1. The van der Waals surface area contributed by atoms with E-state index in [9.17, 15) is 4.79 Å². The van der Waals surface area contributed by atoms with E-state index in [-0.39, 0.29) is 18.1 Å². The third kappa shape index (κ3) is 3.60. The Bertz CT molecular complexity index is 300. The molecule has 0 aliphatic heterocycles. The lowest BCUT2D eigenvalue weighted by Crippen LogP contribution is -2.37. The van der Waals surface area contributed by atoms with Gasteiger partial charge in [-0.1, -0.05) is 0 Å². The van der Waals surface area contributed by atoms with Gasteiger partial charge in [0.05, 0.1) is 12.6 Å². The van der Waals surface area contributed by atoms with Gasteiger partial charge in [-0.2, -0.15) is 0 Å². The highest BCUT2D eigenvalue weighted by Gasteiger charge is 2.17. The number of nitrogens with one attached hydrogen (secondary N) is 1. The van der Waals surface area contributed by atoms with Crippen molar-refractivity contribution in [2.75, 3.05) is 6.61 Å². The highest BCUT2D eigenvalue weighted by Crippen LogP contribution is 2.15. The van der Waals surface area contributed by atoms with Crippen LogP contribution in [-0.4, -0.2) is 23.6 Å². The minimum Gasteiger partial charge on any atom is -0.465 e. The molecule has 0 aliphatic rings. The van der Waals surface area contributed by atoms with Gasteiger partial charge in [-0.3, -0.25) is 10.1 Å². The fraction of sp³-hybridized carbons (Fsp3) is 0.600. The Morgan fingerprint density at radius 1 is 1.67 bits per heavy atom. The third-order valence-electron chi connectivity index (χ3n) is 1.96. The Morgan fingerprint density at radius 2 is 2.40 bits per heavy atom. The fourth-order valence-corrected chi connectivity index (χ4v) is 1.88. The molecule has 0 saturated heterocycles. The van der Waals surface area contributed by atoms with Crippen molar-refractivity contribution >= 4 is 17.3 Å². The van der Waals surface area contributed by atoms with E-state index in [1.807, 2.05) is 12.3 Å². The average Bonchev–Trinajstić information content (AvgIpc) is 2.70. The van der Waals surface area contributed by atoms with Crippen LogP contribution in [-0.2, 0) is 9.53 Å². The molecule has 0 amide bonds. The molecule has 0 radical (unpaired) electrons. The van der Waals surface area contributed by atoms with E-state index >= 15 is 0 Å². The Kier molecular flexibility index (Phi) is 4.71. The van der Waals surface area contributed by atoms with Gasteiger partial charge < -0.3 is 4.74 Å². The van der Waals surface area contributed by atoms with Gasteiger partial charge in [0, 0.05) is 11.6 Å². The van der Waals surface area contributed by atoms with Gasteiger partial charge in [0.2, 0.25) is 0 Å². The van der Waals surface area contributed by atoms with E-state index in [0.29, 0.717) is 6.61 Å². The molecule has 1 rings (SSSR count). The monoisotopic (exact) mass is 228 g/mol. The van der Waals surface area contributed by atoms with Gasteiger partial charge in [0.1, 0.15) is 11.0 Å². The van der Waals surface area contributed by atoms with Gasteiger partial charge in [0.15, 0.2) is 0 Å². The lowest BCUT2D eigenvalue weighted by Gasteiger charge is -2.16. The predicted molar refractivity (Wildman–Crippen MR) is 59.8 cm³/mol. The van der Waals surface area contributed by atoms with Crippen molar-refractivity contribution in [3.05, 3.63) is 16.6 Å². The third-order valence-corrected chi connectivity index (χ3v) is 2.92. The number of esters is 1. The van der Waals surface area contributed by atoms with Gasteiger partial charge in [-0.15, -0.1) is 11.3 Å². The zero-order chi connectivity index (χ0) is 11.3. The van der Waals surface area contributed by atoms with Crippen LogP contribution in [0.3, 0.4) is 0 Å². The first-order chi connectivity index (χ1) is 7.15. The number of nitrogens with zero attached hydrogens (tertiary/aromatic N) is 1. The summed E-state index contributed by atoms with van der Waals surface area (Å²) >= 11 is 1.57. The standard InChI is InChI=1S/C10H16N2O2S/c1-4-14-10(13)8(3)12-7(2)9-11-5-6-15-9/h5-8,12H,4H2,1-3H3. The molecule has 0 saturated carbocycles. The van der Waals surface area contributed by atoms with Crippen molar-refractivity contribution in [1.29, 1.82) is 0 Å². The minimum atomic E-state index is -0.302. The van der Waals surface area contributed by atoms with Crippen molar-refractivity contribution in [3.63, 3.8) is 0 Å². The normalized spacial score (nSPS) is 14.6. The topological polar surface area (TPSA) is 51.2 Å². The Labute approximate surface area is 93.7 Å². The smallest absolute Gasteiger partial charge is 0.322 e. The number of hydrogen-bond donors (Lipinski definition) is 1. The summed E-state index contributed by atoms with van der Waals surface area (Å²) in [5, 5.41) is 6.04. The molecule has 0 aromatic carbocycles. The zero-order valence-electron chi connectivity index (χ0n) is 9.19. The van der Waals surface area contributed by atoms with Crippen LogP contribution in [0.4, 0.5) is 0 Å². The van der Waals surface area contributed by atoms with Crippen molar-refractivity contribution < 1.29 is 9.53 Å². The van der Waals surface area contributed by atoms with Crippen LogP contribution in [0.2, 0.25) is 0 Å². The molecular weight excluding hydrogens is 212 g/mol. The first kappa shape index (κ1) is 12.1. The summed E-state index contributed by atoms with van der Waals surface area (Å²) < 4.78 is 4.90. The van der Waals surface area contributed by atoms with Crippen molar-refractivity contribution in [2.24, 2.45) is 0 Å². The maximum absolute atomic E-state index is 11.3. The molecule has 4 nitrogen and oxygen atoms in total. The van der Waals surface area contributed by atoms with Gasteiger partial charge in [-0.05, 0) is 20.8 Å². The number of aromatic nitrogens is 1. The summed E-state index contributed by atoms with van der Waals surface area (Å²) in [5.74, 6) is -0.221. The van der Waals surface area contributed by atoms with Crippen LogP contribution < -0.4 is 5.32 Å². The maximum Gasteiger partial charge on any atom is 0.322 e. The molecular formula is C10H16N2O2S. The number of thiazole rings is 1. The van der Waals surface area contributed by atoms with Crippen LogP contribution in [0, 0.1) is 0 Å². The van der Waals surface area contributed by atoms with E-state index in [1.54, 1.807) is 31.4 Å². The van der Waals surface area contributed by atoms with Gasteiger partial charge >= 0.3 is 5.97 Å². The summed E-state index contributed by atoms with van der Waals surface area (Å²) in [6.45, 7) is 5.99. The molecule has 0 spiro atoms. The molecule has 2 atom stereocenters. The molecule has 2 unspecified atom stereocenters. The predicted octanol–water partition coefficient (Wildman–Crippen LogP) is 1.75. The number of ether oxygens (including phenoxy) is 1. The molecule has 1 N–H and O–H groups in total. The van der Waals surface area contributed by atoms with Crippen LogP contribution >= 0.6 is 11.3 Å². The van der Waals surface area contributed by atoms with Crippen LogP contribution in [0.25, 0.3) is 0 Å². The largest absolute Gasteiger partial charge is 0.465 e. The second kappa shape index (κ2) is 5.82. The quantitative estimate of drug-likeness (QED) is 0.780. The van der Waals surface area contributed by atoms with Crippen molar-refractivity contribution in [1.82, 2.24) is 10.3 Å². The molecule has 1 heterocycles. The fourth-order valence-electron chi connectivity index (χ4n) is 1.23. The van der Waals surface area contributed by atoms with Crippen LogP contribution in [0.15, 0.2) is 11.6 Å². The summed E-state index contributed by atoms with van der Waals surface area (Å²) in [7, 11) is 0. The first-order valence-corrected chi connectivity index (χ1v) is 5.85.